The number of sulfonamides is 1. The molecule has 0 bridgehead atoms. The Kier molecular flexibility index (Phi) is 6.80. The van der Waals surface area contributed by atoms with Crippen molar-refractivity contribution in [2.45, 2.75) is 45.6 Å². The SMILES string of the molecule is CCS(=O)(=O)N1CCC[C@@H](C(=O)N[C@@H](C)CCc2ccccc2)C1. The number of hydrogen-bond acceptors (Lipinski definition) is 3. The third-order valence-corrected chi connectivity index (χ3v) is 6.46. The Hall–Kier alpha value is -1.40. The summed E-state index contributed by atoms with van der Waals surface area (Å²) in [6.45, 7) is 4.49. The van der Waals surface area contributed by atoms with E-state index < -0.39 is 10.0 Å². The average Bonchev–Trinajstić information content (AvgIpc) is 2.61. The molecule has 1 aliphatic rings. The molecule has 2 rings (SSSR count). The molecule has 0 unspecified atom stereocenters. The molecule has 0 spiro atoms. The van der Waals surface area contributed by atoms with Crippen molar-refractivity contribution < 1.29 is 13.2 Å². The zero-order valence-electron chi connectivity index (χ0n) is 14.6. The molecule has 1 N–H and O–H groups in total. The first-order chi connectivity index (χ1) is 11.4. The molecule has 1 aliphatic heterocycles. The van der Waals surface area contributed by atoms with Crippen molar-refractivity contribution in [1.82, 2.24) is 9.62 Å². The molecule has 1 aromatic rings. The molecule has 6 heteroatoms. The zero-order chi connectivity index (χ0) is 17.6. The molecule has 1 aromatic carbocycles. The van der Waals surface area contributed by atoms with Crippen LogP contribution in [-0.4, -0.2) is 43.5 Å². The predicted octanol–water partition coefficient (Wildman–Crippen LogP) is 2.19. The maximum atomic E-state index is 12.4. The van der Waals surface area contributed by atoms with Crippen LogP contribution in [0.25, 0.3) is 0 Å². The van der Waals surface area contributed by atoms with Crippen LogP contribution in [0.15, 0.2) is 30.3 Å². The molecule has 1 saturated heterocycles. The first kappa shape index (κ1) is 18.9. The van der Waals surface area contributed by atoms with E-state index in [-0.39, 0.29) is 23.6 Å². The van der Waals surface area contributed by atoms with Gasteiger partial charge in [-0.1, -0.05) is 30.3 Å². The standard InChI is InChI=1S/C18H28N2O3S/c1-3-24(22,23)20-13-7-10-17(14-20)18(21)19-15(2)11-12-16-8-5-4-6-9-16/h4-6,8-9,15,17H,3,7,10-14H2,1-2H3,(H,19,21)/t15-,17+/m0/s1. The van der Waals surface area contributed by atoms with Gasteiger partial charge in [-0.2, -0.15) is 0 Å². The van der Waals surface area contributed by atoms with Crippen LogP contribution >= 0.6 is 0 Å². The third kappa shape index (κ3) is 5.31. The number of benzene rings is 1. The molecule has 0 aromatic heterocycles. The van der Waals surface area contributed by atoms with Gasteiger partial charge in [0.25, 0.3) is 0 Å². The van der Waals surface area contributed by atoms with Gasteiger partial charge in [0.15, 0.2) is 0 Å². The fourth-order valence-corrected chi connectivity index (χ4v) is 4.23. The van der Waals surface area contributed by atoms with Crippen molar-refractivity contribution in [1.29, 1.82) is 0 Å². The normalized spacial score (nSPS) is 20.5. The summed E-state index contributed by atoms with van der Waals surface area (Å²) >= 11 is 0. The summed E-state index contributed by atoms with van der Waals surface area (Å²) in [7, 11) is -3.21. The number of rotatable bonds is 7. The van der Waals surface area contributed by atoms with E-state index in [1.54, 1.807) is 6.92 Å². The van der Waals surface area contributed by atoms with Crippen LogP contribution in [-0.2, 0) is 21.2 Å². The monoisotopic (exact) mass is 352 g/mol. The van der Waals surface area contributed by atoms with Crippen LogP contribution in [0.4, 0.5) is 0 Å². The number of piperidine rings is 1. The van der Waals surface area contributed by atoms with E-state index in [0.29, 0.717) is 13.1 Å². The molecule has 1 fully saturated rings. The summed E-state index contributed by atoms with van der Waals surface area (Å²) < 4.78 is 25.5. The first-order valence-electron chi connectivity index (χ1n) is 8.74. The topological polar surface area (TPSA) is 66.5 Å². The van der Waals surface area contributed by atoms with Crippen molar-refractivity contribution in [2.24, 2.45) is 5.92 Å². The van der Waals surface area contributed by atoms with E-state index >= 15 is 0 Å². The molecule has 1 heterocycles. The maximum Gasteiger partial charge on any atom is 0.224 e. The number of nitrogens with zero attached hydrogens (tertiary/aromatic N) is 1. The molecule has 5 nitrogen and oxygen atoms in total. The lowest BCUT2D eigenvalue weighted by molar-refractivity contribution is -0.126. The van der Waals surface area contributed by atoms with E-state index in [4.69, 9.17) is 0 Å². The number of carbonyl (C=O) groups is 1. The highest BCUT2D eigenvalue weighted by molar-refractivity contribution is 7.89. The summed E-state index contributed by atoms with van der Waals surface area (Å²) in [4.78, 5) is 12.4. The Morgan fingerprint density at radius 3 is 2.71 bits per heavy atom. The Labute approximate surface area is 145 Å². The minimum absolute atomic E-state index is 0.0217. The lowest BCUT2D eigenvalue weighted by Gasteiger charge is -2.31. The smallest absolute Gasteiger partial charge is 0.224 e. The molecule has 134 valence electrons. The molecule has 0 saturated carbocycles. The predicted molar refractivity (Wildman–Crippen MR) is 96.1 cm³/mol. The van der Waals surface area contributed by atoms with Gasteiger partial charge in [-0.05, 0) is 45.1 Å². The number of amides is 1. The van der Waals surface area contributed by atoms with Gasteiger partial charge in [-0.3, -0.25) is 4.79 Å². The largest absolute Gasteiger partial charge is 0.353 e. The zero-order valence-corrected chi connectivity index (χ0v) is 15.4. The fraction of sp³-hybridized carbons (Fsp3) is 0.611. The highest BCUT2D eigenvalue weighted by atomic mass is 32.2. The fourth-order valence-electron chi connectivity index (χ4n) is 3.05. The van der Waals surface area contributed by atoms with E-state index in [1.807, 2.05) is 25.1 Å². The van der Waals surface area contributed by atoms with Gasteiger partial charge in [0, 0.05) is 19.1 Å². The highest BCUT2D eigenvalue weighted by Crippen LogP contribution is 2.20. The number of carbonyl (C=O) groups excluding carboxylic acids is 1. The van der Waals surface area contributed by atoms with Crippen LogP contribution in [0.1, 0.15) is 38.7 Å². The van der Waals surface area contributed by atoms with Crippen molar-refractivity contribution in [3.05, 3.63) is 35.9 Å². The lowest BCUT2D eigenvalue weighted by atomic mass is 9.98. The number of hydrogen-bond donors (Lipinski definition) is 1. The minimum Gasteiger partial charge on any atom is -0.353 e. The Balaban J connectivity index is 1.82. The van der Waals surface area contributed by atoms with E-state index in [2.05, 4.69) is 17.4 Å². The van der Waals surface area contributed by atoms with Crippen LogP contribution in [0.2, 0.25) is 0 Å². The molecule has 0 radical (unpaired) electrons. The third-order valence-electron chi connectivity index (χ3n) is 4.61. The Bertz CT molecular complexity index is 631. The number of nitrogens with one attached hydrogen (secondary N) is 1. The van der Waals surface area contributed by atoms with Gasteiger partial charge < -0.3 is 5.32 Å². The van der Waals surface area contributed by atoms with Crippen molar-refractivity contribution in [3.63, 3.8) is 0 Å². The first-order valence-corrected chi connectivity index (χ1v) is 10.4. The van der Waals surface area contributed by atoms with Crippen molar-refractivity contribution >= 4 is 15.9 Å². The van der Waals surface area contributed by atoms with Crippen molar-refractivity contribution in [3.8, 4) is 0 Å². The van der Waals surface area contributed by atoms with E-state index in [9.17, 15) is 13.2 Å². The Morgan fingerprint density at radius 2 is 2.04 bits per heavy atom. The molecule has 2 atom stereocenters. The van der Waals surface area contributed by atoms with Gasteiger partial charge in [0.2, 0.25) is 15.9 Å². The minimum atomic E-state index is -3.21. The van der Waals surface area contributed by atoms with Gasteiger partial charge in [0.1, 0.15) is 0 Å². The molecule has 1 amide bonds. The number of aryl methyl sites for hydroxylation is 1. The lowest BCUT2D eigenvalue weighted by Crippen LogP contribution is -2.47. The van der Waals surface area contributed by atoms with Gasteiger partial charge in [-0.15, -0.1) is 0 Å². The Morgan fingerprint density at radius 1 is 1.33 bits per heavy atom. The molecular formula is C18H28N2O3S. The van der Waals surface area contributed by atoms with Crippen LogP contribution in [0, 0.1) is 5.92 Å². The summed E-state index contributed by atoms with van der Waals surface area (Å²) in [5.74, 6) is -0.166. The van der Waals surface area contributed by atoms with Crippen LogP contribution in [0.3, 0.4) is 0 Å². The summed E-state index contributed by atoms with van der Waals surface area (Å²) in [5, 5.41) is 3.05. The molecule has 24 heavy (non-hydrogen) atoms. The van der Waals surface area contributed by atoms with Crippen molar-refractivity contribution in [2.75, 3.05) is 18.8 Å². The van der Waals surface area contributed by atoms with Gasteiger partial charge in [0.05, 0.1) is 11.7 Å². The quantitative estimate of drug-likeness (QED) is 0.818. The molecule has 0 aliphatic carbocycles. The van der Waals surface area contributed by atoms with Gasteiger partial charge in [-0.25, -0.2) is 12.7 Å². The molecular weight excluding hydrogens is 324 g/mol. The second-order valence-corrected chi connectivity index (χ2v) is 8.79. The second-order valence-electron chi connectivity index (χ2n) is 6.53. The summed E-state index contributed by atoms with van der Waals surface area (Å²) in [5.41, 5.74) is 1.26. The van der Waals surface area contributed by atoms with Crippen LogP contribution in [0.5, 0.6) is 0 Å². The second kappa shape index (κ2) is 8.62. The van der Waals surface area contributed by atoms with E-state index in [0.717, 1.165) is 25.7 Å². The van der Waals surface area contributed by atoms with Gasteiger partial charge >= 0.3 is 0 Å². The average molecular weight is 353 g/mol. The summed E-state index contributed by atoms with van der Waals surface area (Å²) in [6.07, 6.45) is 3.30. The highest BCUT2D eigenvalue weighted by Gasteiger charge is 2.31. The summed E-state index contributed by atoms with van der Waals surface area (Å²) in [6, 6.07) is 10.3. The van der Waals surface area contributed by atoms with Crippen LogP contribution < -0.4 is 5.32 Å². The van der Waals surface area contributed by atoms with E-state index in [1.165, 1.54) is 9.87 Å². The maximum absolute atomic E-state index is 12.4.